The third kappa shape index (κ3) is 4.51. The van der Waals surface area contributed by atoms with Crippen molar-refractivity contribution < 1.29 is 22.3 Å². The molecule has 0 unspecified atom stereocenters. The highest BCUT2D eigenvalue weighted by Gasteiger charge is 2.38. The van der Waals surface area contributed by atoms with Crippen molar-refractivity contribution in [2.24, 2.45) is 0 Å². The zero-order chi connectivity index (χ0) is 24.7. The molecular formula is C25H18F4N2O3S. The molecule has 5 rings (SSSR count). The van der Waals surface area contributed by atoms with Gasteiger partial charge in [-0.2, -0.15) is 13.2 Å². The predicted molar refractivity (Wildman–Crippen MR) is 125 cm³/mol. The van der Waals surface area contributed by atoms with E-state index in [1.165, 1.54) is 16.7 Å². The average Bonchev–Trinajstić information content (AvgIpc) is 3.02. The molecule has 1 aliphatic rings. The van der Waals surface area contributed by atoms with Crippen LogP contribution in [-0.4, -0.2) is 21.4 Å². The molecule has 0 saturated carbocycles. The number of benzene rings is 3. The molecular weight excluding hydrogens is 484 g/mol. The molecule has 35 heavy (non-hydrogen) atoms. The molecule has 1 atom stereocenters. The highest BCUT2D eigenvalue weighted by molar-refractivity contribution is 7.99. The van der Waals surface area contributed by atoms with Crippen LogP contribution in [0.3, 0.4) is 0 Å². The van der Waals surface area contributed by atoms with Crippen molar-refractivity contribution in [2.75, 3.05) is 5.75 Å². The summed E-state index contributed by atoms with van der Waals surface area (Å²) < 4.78 is 63.4. The van der Waals surface area contributed by atoms with Crippen molar-refractivity contribution in [1.82, 2.24) is 9.55 Å². The normalized spacial score (nSPS) is 15.8. The van der Waals surface area contributed by atoms with E-state index in [-0.39, 0.29) is 45.8 Å². The number of hydrogen-bond donors (Lipinski definition) is 1. The SMILES string of the molecule is O=c1[nH]c(=O)n2c3c(c(-c4ccc(F)cc4)c(C(F)(F)F)cc13)SC[C@H](OCc1ccccc1)C2. The Kier molecular flexibility index (Phi) is 6.02. The van der Waals surface area contributed by atoms with Gasteiger partial charge in [-0.05, 0) is 29.3 Å². The second-order valence-electron chi connectivity index (χ2n) is 8.13. The molecule has 10 heteroatoms. The largest absolute Gasteiger partial charge is 0.417 e. The van der Waals surface area contributed by atoms with E-state index in [9.17, 15) is 27.2 Å². The van der Waals surface area contributed by atoms with Gasteiger partial charge >= 0.3 is 11.9 Å². The quantitative estimate of drug-likeness (QED) is 0.390. The Morgan fingerprint density at radius 1 is 1.06 bits per heavy atom. The van der Waals surface area contributed by atoms with Gasteiger partial charge in [-0.3, -0.25) is 14.3 Å². The van der Waals surface area contributed by atoms with E-state index in [1.54, 1.807) is 0 Å². The molecule has 0 saturated heterocycles. The van der Waals surface area contributed by atoms with Gasteiger partial charge in [0.15, 0.2) is 0 Å². The van der Waals surface area contributed by atoms with Crippen LogP contribution in [0.4, 0.5) is 17.6 Å². The van der Waals surface area contributed by atoms with Crippen molar-refractivity contribution in [1.29, 1.82) is 0 Å². The standard InChI is InChI=1S/C25H18F4N2O3S/c26-16-8-6-15(7-9-16)20-19(25(27,28)29)10-18-21-22(20)35-13-17(11-31(21)24(33)30-23(18)32)34-12-14-4-2-1-3-5-14/h1-10,17H,11-13H2,(H,30,32,33)/t17-/m1/s1. The van der Waals surface area contributed by atoms with Crippen LogP contribution in [0.5, 0.6) is 0 Å². The van der Waals surface area contributed by atoms with Gasteiger partial charge in [-0.15, -0.1) is 11.8 Å². The van der Waals surface area contributed by atoms with E-state index in [0.29, 0.717) is 0 Å². The number of nitrogens with one attached hydrogen (secondary N) is 1. The Bertz CT molecular complexity index is 1510. The van der Waals surface area contributed by atoms with Gasteiger partial charge in [0.2, 0.25) is 0 Å². The third-order valence-electron chi connectivity index (χ3n) is 5.80. The first-order chi connectivity index (χ1) is 16.7. The Labute approximate surface area is 200 Å². The second kappa shape index (κ2) is 9.01. The molecule has 1 aliphatic heterocycles. The Balaban J connectivity index is 1.70. The lowest BCUT2D eigenvalue weighted by molar-refractivity contribution is -0.137. The van der Waals surface area contributed by atoms with Crippen LogP contribution >= 0.6 is 11.8 Å². The molecule has 0 aliphatic carbocycles. The lowest BCUT2D eigenvalue weighted by atomic mass is 9.96. The molecule has 1 N–H and O–H groups in total. The van der Waals surface area contributed by atoms with Crippen LogP contribution in [0.25, 0.3) is 22.0 Å². The summed E-state index contributed by atoms with van der Waals surface area (Å²) in [6.07, 6.45) is -5.31. The number of rotatable bonds is 4. The van der Waals surface area contributed by atoms with Gasteiger partial charge in [0, 0.05) is 16.2 Å². The van der Waals surface area contributed by atoms with Crippen LogP contribution < -0.4 is 11.2 Å². The smallest absolute Gasteiger partial charge is 0.371 e. The lowest BCUT2D eigenvalue weighted by Gasteiger charge is -2.19. The summed E-state index contributed by atoms with van der Waals surface area (Å²) in [7, 11) is 0. The maximum atomic E-state index is 14.2. The predicted octanol–water partition coefficient (Wildman–Crippen LogP) is 5.21. The number of aromatic amines is 1. The Morgan fingerprint density at radius 3 is 2.46 bits per heavy atom. The average molecular weight is 502 g/mol. The van der Waals surface area contributed by atoms with E-state index in [0.717, 1.165) is 35.5 Å². The van der Waals surface area contributed by atoms with Gasteiger partial charge in [0.05, 0.1) is 35.7 Å². The summed E-state index contributed by atoms with van der Waals surface area (Å²) >= 11 is 1.09. The van der Waals surface area contributed by atoms with Crippen LogP contribution in [0, 0.1) is 5.82 Å². The fraction of sp³-hybridized carbons (Fsp3) is 0.200. The fourth-order valence-electron chi connectivity index (χ4n) is 4.19. The lowest BCUT2D eigenvalue weighted by Crippen LogP contribution is -2.34. The molecule has 0 amide bonds. The van der Waals surface area contributed by atoms with Crippen molar-refractivity contribution in [3.8, 4) is 11.1 Å². The number of hydrogen-bond acceptors (Lipinski definition) is 4. The zero-order valence-electron chi connectivity index (χ0n) is 18.1. The highest BCUT2D eigenvalue weighted by atomic mass is 32.2. The summed E-state index contributed by atoms with van der Waals surface area (Å²) in [4.78, 5) is 27.6. The summed E-state index contributed by atoms with van der Waals surface area (Å²) in [6.45, 7) is 0.301. The molecule has 180 valence electrons. The summed E-state index contributed by atoms with van der Waals surface area (Å²) in [5.74, 6) is -0.350. The molecule has 3 aromatic carbocycles. The van der Waals surface area contributed by atoms with Crippen LogP contribution in [0.1, 0.15) is 11.1 Å². The minimum atomic E-state index is -4.79. The van der Waals surface area contributed by atoms with E-state index in [1.807, 2.05) is 30.3 Å². The van der Waals surface area contributed by atoms with E-state index in [2.05, 4.69) is 4.98 Å². The first-order valence-electron chi connectivity index (χ1n) is 10.7. The van der Waals surface area contributed by atoms with Gasteiger partial charge < -0.3 is 4.74 Å². The maximum Gasteiger partial charge on any atom is 0.417 e. The van der Waals surface area contributed by atoms with E-state index in [4.69, 9.17) is 4.74 Å². The Morgan fingerprint density at radius 2 is 1.77 bits per heavy atom. The van der Waals surface area contributed by atoms with Crippen molar-refractivity contribution in [2.45, 2.75) is 30.3 Å². The summed E-state index contributed by atoms with van der Waals surface area (Å²) in [5, 5.41) is -0.242. The summed E-state index contributed by atoms with van der Waals surface area (Å²) in [5.41, 5.74) is -1.71. The van der Waals surface area contributed by atoms with Crippen LogP contribution in [-0.2, 0) is 24.1 Å². The van der Waals surface area contributed by atoms with Gasteiger partial charge in [-0.25, -0.2) is 9.18 Å². The molecule has 0 fully saturated rings. The molecule has 4 aromatic rings. The number of H-pyrrole nitrogens is 1. The minimum absolute atomic E-state index is 0.0488. The van der Waals surface area contributed by atoms with E-state index >= 15 is 0 Å². The van der Waals surface area contributed by atoms with Crippen molar-refractivity contribution >= 4 is 22.7 Å². The number of ether oxygens (including phenoxy) is 1. The van der Waals surface area contributed by atoms with Crippen LogP contribution in [0.15, 0.2) is 75.1 Å². The van der Waals surface area contributed by atoms with Gasteiger partial charge in [0.25, 0.3) is 5.56 Å². The van der Waals surface area contributed by atoms with Crippen LogP contribution in [0.2, 0.25) is 0 Å². The second-order valence-corrected chi connectivity index (χ2v) is 9.16. The minimum Gasteiger partial charge on any atom is -0.371 e. The zero-order valence-corrected chi connectivity index (χ0v) is 18.9. The Hall–Kier alpha value is -3.37. The third-order valence-corrected chi connectivity index (χ3v) is 7.03. The monoisotopic (exact) mass is 502 g/mol. The van der Waals surface area contributed by atoms with Crippen molar-refractivity contribution in [3.05, 3.63) is 98.4 Å². The number of halogens is 4. The molecule has 0 radical (unpaired) electrons. The summed E-state index contributed by atoms with van der Waals surface area (Å²) in [6, 6.07) is 14.8. The number of thioether (sulfide) groups is 1. The number of alkyl halides is 3. The molecule has 1 aromatic heterocycles. The van der Waals surface area contributed by atoms with E-state index < -0.39 is 34.9 Å². The van der Waals surface area contributed by atoms with Gasteiger partial charge in [-0.1, -0.05) is 42.5 Å². The molecule has 0 spiro atoms. The van der Waals surface area contributed by atoms with Crippen molar-refractivity contribution in [3.63, 3.8) is 0 Å². The number of nitrogens with zero attached hydrogens (tertiary/aromatic N) is 1. The van der Waals surface area contributed by atoms with Gasteiger partial charge in [0.1, 0.15) is 5.82 Å². The fourth-order valence-corrected chi connectivity index (χ4v) is 5.47. The first-order valence-corrected chi connectivity index (χ1v) is 11.7. The molecule has 2 heterocycles. The topological polar surface area (TPSA) is 64.1 Å². The first kappa shape index (κ1) is 23.4. The molecule has 0 bridgehead atoms. The molecule has 5 nitrogen and oxygen atoms in total. The number of aromatic nitrogens is 2. The highest BCUT2D eigenvalue weighted by Crippen LogP contribution is 2.46. The maximum absolute atomic E-state index is 14.2.